The minimum atomic E-state index is -1.12. The van der Waals surface area contributed by atoms with E-state index in [1.165, 1.54) is 4.90 Å². The van der Waals surface area contributed by atoms with Crippen LogP contribution >= 0.6 is 0 Å². The van der Waals surface area contributed by atoms with E-state index >= 15 is 0 Å². The van der Waals surface area contributed by atoms with E-state index < -0.39 is 53.8 Å². The first kappa shape index (κ1) is 26.3. The smallest absolute Gasteiger partial charge is 0.326 e. The second-order valence-corrected chi connectivity index (χ2v) is 8.59. The van der Waals surface area contributed by atoms with Gasteiger partial charge in [-0.1, -0.05) is 27.7 Å². The molecule has 1 aliphatic rings. The summed E-state index contributed by atoms with van der Waals surface area (Å²) in [6, 6.07) is -3.89. The van der Waals surface area contributed by atoms with Crippen molar-refractivity contribution in [2.45, 2.75) is 77.5 Å². The number of primary amides is 1. The molecule has 0 radical (unpaired) electrons. The highest BCUT2D eigenvalue weighted by molar-refractivity contribution is 5.94. The molecule has 0 aliphatic carbocycles. The molecule has 0 bridgehead atoms. The van der Waals surface area contributed by atoms with Crippen molar-refractivity contribution >= 4 is 29.6 Å². The van der Waals surface area contributed by atoms with Gasteiger partial charge in [-0.25, -0.2) is 4.79 Å². The molecule has 1 fully saturated rings. The quantitative estimate of drug-likeness (QED) is 0.270. The molecule has 31 heavy (non-hydrogen) atoms. The summed E-state index contributed by atoms with van der Waals surface area (Å²) in [5.41, 5.74) is 11.0. The highest BCUT2D eigenvalue weighted by atomic mass is 16.4. The van der Waals surface area contributed by atoms with Crippen molar-refractivity contribution in [1.82, 2.24) is 15.5 Å². The molecule has 1 saturated heterocycles. The predicted molar refractivity (Wildman–Crippen MR) is 112 cm³/mol. The number of hydrogen-bond donors (Lipinski definition) is 5. The van der Waals surface area contributed by atoms with Gasteiger partial charge in [0.15, 0.2) is 0 Å². The number of carboxylic acids is 1. The van der Waals surface area contributed by atoms with Gasteiger partial charge in [-0.05, 0) is 31.1 Å². The van der Waals surface area contributed by atoms with E-state index in [1.807, 2.05) is 0 Å². The molecule has 0 aromatic rings. The van der Waals surface area contributed by atoms with Crippen LogP contribution in [0.3, 0.4) is 0 Å². The summed E-state index contributed by atoms with van der Waals surface area (Å²) < 4.78 is 0. The van der Waals surface area contributed by atoms with Crippen LogP contribution in [0.2, 0.25) is 0 Å². The molecule has 0 aromatic carbocycles. The zero-order valence-corrected chi connectivity index (χ0v) is 18.6. The minimum absolute atomic E-state index is 0.0573. The average molecular weight is 442 g/mol. The molecule has 4 unspecified atom stereocenters. The first-order valence-corrected chi connectivity index (χ1v) is 10.5. The number of nitrogens with two attached hydrogens (primary N) is 2. The van der Waals surface area contributed by atoms with Gasteiger partial charge in [0.2, 0.25) is 23.6 Å². The Morgan fingerprint density at radius 1 is 1.03 bits per heavy atom. The Balaban J connectivity index is 2.99. The Hall–Kier alpha value is -2.69. The summed E-state index contributed by atoms with van der Waals surface area (Å²) in [6.45, 7) is 7.25. The number of aliphatic carboxylic acids is 1. The minimum Gasteiger partial charge on any atom is -0.480 e. The van der Waals surface area contributed by atoms with Crippen molar-refractivity contribution < 1.29 is 29.1 Å². The lowest BCUT2D eigenvalue weighted by atomic mass is 10.00. The Morgan fingerprint density at radius 2 is 1.65 bits per heavy atom. The van der Waals surface area contributed by atoms with Crippen LogP contribution in [0.5, 0.6) is 0 Å². The topological polar surface area (TPSA) is 185 Å². The van der Waals surface area contributed by atoms with Crippen molar-refractivity contribution in [2.24, 2.45) is 23.3 Å². The molecule has 11 heteroatoms. The number of rotatable bonds is 11. The normalized spacial score (nSPS) is 19.1. The number of nitrogens with zero attached hydrogens (tertiary/aromatic N) is 1. The number of carbonyl (C=O) groups excluding carboxylic acids is 4. The van der Waals surface area contributed by atoms with Crippen molar-refractivity contribution in [3.05, 3.63) is 0 Å². The third-order valence-electron chi connectivity index (χ3n) is 5.38. The van der Waals surface area contributed by atoms with E-state index in [1.54, 1.807) is 27.7 Å². The van der Waals surface area contributed by atoms with Gasteiger partial charge < -0.3 is 32.1 Å². The highest BCUT2D eigenvalue weighted by Gasteiger charge is 2.39. The van der Waals surface area contributed by atoms with Crippen LogP contribution < -0.4 is 22.1 Å². The molecule has 0 saturated carbocycles. The van der Waals surface area contributed by atoms with Crippen molar-refractivity contribution in [1.29, 1.82) is 0 Å². The van der Waals surface area contributed by atoms with Gasteiger partial charge in [0, 0.05) is 13.0 Å². The summed E-state index contributed by atoms with van der Waals surface area (Å²) in [6.07, 6.45) is 0.705. The molecule has 1 aliphatic heterocycles. The first-order chi connectivity index (χ1) is 14.4. The number of hydrogen-bond acceptors (Lipinski definition) is 6. The average Bonchev–Trinajstić information content (AvgIpc) is 3.17. The van der Waals surface area contributed by atoms with Crippen LogP contribution in [0.25, 0.3) is 0 Å². The van der Waals surface area contributed by atoms with Gasteiger partial charge in [0.25, 0.3) is 0 Å². The maximum atomic E-state index is 13.0. The monoisotopic (exact) mass is 441 g/mol. The predicted octanol–water partition coefficient (Wildman–Crippen LogP) is -1.06. The Bertz CT molecular complexity index is 696. The zero-order valence-electron chi connectivity index (χ0n) is 18.6. The second kappa shape index (κ2) is 11.6. The SMILES string of the molecule is CC(C)C(N)C(=O)NC(CCC(N)=O)C(=O)NC(C(=O)N1CCCC1C(=O)O)C(C)C. The largest absolute Gasteiger partial charge is 0.480 e. The highest BCUT2D eigenvalue weighted by Crippen LogP contribution is 2.20. The Kier molecular flexibility index (Phi) is 9.89. The molecule has 1 heterocycles. The molecule has 1 rings (SSSR count). The van der Waals surface area contributed by atoms with Crippen LogP contribution in [0.4, 0.5) is 0 Å². The fourth-order valence-electron chi connectivity index (χ4n) is 3.36. The summed E-state index contributed by atoms with van der Waals surface area (Å²) >= 11 is 0. The van der Waals surface area contributed by atoms with Gasteiger partial charge in [-0.2, -0.15) is 0 Å². The van der Waals surface area contributed by atoms with E-state index in [9.17, 15) is 29.1 Å². The summed E-state index contributed by atoms with van der Waals surface area (Å²) in [5.74, 6) is -3.95. The molecule has 0 aromatic heterocycles. The van der Waals surface area contributed by atoms with Crippen LogP contribution in [0, 0.1) is 11.8 Å². The van der Waals surface area contributed by atoms with E-state index in [4.69, 9.17) is 11.5 Å². The summed E-state index contributed by atoms with van der Waals surface area (Å²) in [7, 11) is 0. The first-order valence-electron chi connectivity index (χ1n) is 10.5. The lowest BCUT2D eigenvalue weighted by Gasteiger charge is -2.31. The fourth-order valence-corrected chi connectivity index (χ4v) is 3.36. The number of likely N-dealkylation sites (tertiary alicyclic amines) is 1. The van der Waals surface area contributed by atoms with E-state index in [0.717, 1.165) is 0 Å². The van der Waals surface area contributed by atoms with E-state index in [2.05, 4.69) is 10.6 Å². The van der Waals surface area contributed by atoms with Gasteiger partial charge in [0.1, 0.15) is 18.1 Å². The zero-order chi connectivity index (χ0) is 23.9. The van der Waals surface area contributed by atoms with Gasteiger partial charge in [-0.3, -0.25) is 19.2 Å². The van der Waals surface area contributed by atoms with Crippen LogP contribution in [-0.2, 0) is 24.0 Å². The maximum Gasteiger partial charge on any atom is 0.326 e. The Labute approximate surface area is 182 Å². The van der Waals surface area contributed by atoms with Gasteiger partial charge >= 0.3 is 5.97 Å². The lowest BCUT2D eigenvalue weighted by Crippen LogP contribution is -2.58. The molecule has 7 N–H and O–H groups in total. The fraction of sp³-hybridized carbons (Fsp3) is 0.750. The van der Waals surface area contributed by atoms with Crippen LogP contribution in [0.1, 0.15) is 53.4 Å². The van der Waals surface area contributed by atoms with Crippen LogP contribution in [0.15, 0.2) is 0 Å². The second-order valence-electron chi connectivity index (χ2n) is 8.59. The molecular weight excluding hydrogens is 406 g/mol. The molecule has 4 amide bonds. The molecule has 176 valence electrons. The third-order valence-corrected chi connectivity index (χ3v) is 5.38. The standard InChI is InChI=1S/C20H35N5O6/c1-10(2)15(22)18(28)23-12(7-8-14(21)26)17(27)24-16(11(3)4)19(29)25-9-5-6-13(25)20(30)31/h10-13,15-16H,5-9,22H2,1-4H3,(H2,21,26)(H,23,28)(H,24,27)(H,30,31). The number of carboxylic acid groups (broad SMARTS) is 1. The summed E-state index contributed by atoms with van der Waals surface area (Å²) in [5, 5.41) is 14.5. The molecule has 11 nitrogen and oxygen atoms in total. The Morgan fingerprint density at radius 3 is 2.13 bits per heavy atom. The van der Waals surface area contributed by atoms with Crippen molar-refractivity contribution in [3.63, 3.8) is 0 Å². The van der Waals surface area contributed by atoms with Crippen molar-refractivity contribution in [3.8, 4) is 0 Å². The summed E-state index contributed by atoms with van der Waals surface area (Å²) in [4.78, 5) is 62.2. The van der Waals surface area contributed by atoms with Crippen LogP contribution in [-0.4, -0.2) is 70.3 Å². The lowest BCUT2D eigenvalue weighted by molar-refractivity contribution is -0.150. The molecular formula is C20H35N5O6. The van der Waals surface area contributed by atoms with Crippen molar-refractivity contribution in [2.75, 3.05) is 6.54 Å². The van der Waals surface area contributed by atoms with E-state index in [-0.39, 0.29) is 24.7 Å². The van der Waals surface area contributed by atoms with E-state index in [0.29, 0.717) is 19.4 Å². The third kappa shape index (κ3) is 7.50. The number of nitrogens with one attached hydrogen (secondary N) is 2. The molecule has 4 atom stereocenters. The van der Waals surface area contributed by atoms with Gasteiger partial charge in [-0.15, -0.1) is 0 Å². The molecule has 0 spiro atoms. The number of carbonyl (C=O) groups is 5. The number of amides is 4. The maximum absolute atomic E-state index is 13.0. The van der Waals surface area contributed by atoms with Gasteiger partial charge in [0.05, 0.1) is 6.04 Å².